The van der Waals surface area contributed by atoms with Gasteiger partial charge in [-0.05, 0) is 12.5 Å². The van der Waals surface area contributed by atoms with E-state index in [9.17, 15) is 19.7 Å². The lowest BCUT2D eigenvalue weighted by atomic mass is 10.2. The lowest BCUT2D eigenvalue weighted by Gasteiger charge is -2.06. The molecule has 102 valence electrons. The van der Waals surface area contributed by atoms with Crippen LogP contribution in [0.4, 0.5) is 11.4 Å². The minimum absolute atomic E-state index is 0.00291. The molecule has 0 saturated heterocycles. The van der Waals surface area contributed by atoms with Crippen LogP contribution in [0.5, 0.6) is 0 Å². The summed E-state index contributed by atoms with van der Waals surface area (Å²) in [6.45, 7) is 2.36. The van der Waals surface area contributed by atoms with Crippen LogP contribution in [-0.4, -0.2) is 23.3 Å². The van der Waals surface area contributed by atoms with Gasteiger partial charge in [-0.3, -0.25) is 19.7 Å². The summed E-state index contributed by atoms with van der Waals surface area (Å²) in [7, 11) is 0. The summed E-state index contributed by atoms with van der Waals surface area (Å²) in [4.78, 5) is 33.1. The standard InChI is InChI=1S/C12H15N3O4/c1-2-3-8-13-11(16)12(17)14-9-6-4-5-7-10(9)15(18)19/h4-7H,2-3,8H2,1H3,(H,13,16)(H,14,17). The number of hydrogen-bond donors (Lipinski definition) is 2. The van der Waals surface area contributed by atoms with Crippen molar-refractivity contribution in [3.05, 3.63) is 34.4 Å². The maximum absolute atomic E-state index is 11.5. The highest BCUT2D eigenvalue weighted by Crippen LogP contribution is 2.22. The average Bonchev–Trinajstić information content (AvgIpc) is 2.39. The van der Waals surface area contributed by atoms with Crippen LogP contribution in [0.2, 0.25) is 0 Å². The average molecular weight is 265 g/mol. The Morgan fingerprint density at radius 3 is 2.58 bits per heavy atom. The molecule has 0 aliphatic rings. The molecule has 0 aromatic heterocycles. The highest BCUT2D eigenvalue weighted by molar-refractivity contribution is 6.39. The number of nitro benzene ring substituents is 1. The predicted octanol–water partition coefficient (Wildman–Crippen LogP) is 1.45. The van der Waals surface area contributed by atoms with E-state index in [0.29, 0.717) is 6.54 Å². The lowest BCUT2D eigenvalue weighted by Crippen LogP contribution is -2.36. The molecule has 2 N–H and O–H groups in total. The molecule has 2 amide bonds. The fourth-order valence-corrected chi connectivity index (χ4v) is 1.38. The first-order valence-corrected chi connectivity index (χ1v) is 5.89. The van der Waals surface area contributed by atoms with E-state index in [4.69, 9.17) is 0 Å². The Bertz CT molecular complexity index is 488. The molecule has 0 aliphatic carbocycles. The number of unbranched alkanes of at least 4 members (excludes halogenated alkanes) is 1. The molecule has 0 atom stereocenters. The highest BCUT2D eigenvalue weighted by atomic mass is 16.6. The summed E-state index contributed by atoms with van der Waals surface area (Å²) < 4.78 is 0. The minimum Gasteiger partial charge on any atom is -0.348 e. The van der Waals surface area contributed by atoms with Gasteiger partial charge in [0.05, 0.1) is 4.92 Å². The number of nitro groups is 1. The molecule has 0 fully saturated rings. The van der Waals surface area contributed by atoms with Crippen molar-refractivity contribution in [2.45, 2.75) is 19.8 Å². The molecule has 1 rings (SSSR count). The number of carbonyl (C=O) groups excluding carboxylic acids is 2. The first kappa shape index (κ1) is 14.6. The molecular weight excluding hydrogens is 250 g/mol. The molecule has 7 nitrogen and oxygen atoms in total. The van der Waals surface area contributed by atoms with Gasteiger partial charge >= 0.3 is 11.8 Å². The topological polar surface area (TPSA) is 101 Å². The highest BCUT2D eigenvalue weighted by Gasteiger charge is 2.18. The van der Waals surface area contributed by atoms with Crippen LogP contribution in [0.3, 0.4) is 0 Å². The molecule has 19 heavy (non-hydrogen) atoms. The van der Waals surface area contributed by atoms with Crippen LogP contribution in [0, 0.1) is 10.1 Å². The van der Waals surface area contributed by atoms with Crippen molar-refractivity contribution in [1.82, 2.24) is 5.32 Å². The quantitative estimate of drug-likeness (QED) is 0.364. The Morgan fingerprint density at radius 2 is 1.95 bits per heavy atom. The number of para-hydroxylation sites is 2. The van der Waals surface area contributed by atoms with Crippen molar-refractivity contribution in [3.8, 4) is 0 Å². The maximum Gasteiger partial charge on any atom is 0.313 e. The largest absolute Gasteiger partial charge is 0.348 e. The van der Waals surface area contributed by atoms with Gasteiger partial charge < -0.3 is 10.6 Å². The lowest BCUT2D eigenvalue weighted by molar-refractivity contribution is -0.383. The monoisotopic (exact) mass is 265 g/mol. The number of amides is 2. The molecule has 1 aromatic rings. The molecule has 1 aromatic carbocycles. The molecule has 0 radical (unpaired) electrons. The molecular formula is C12H15N3O4. The first-order chi connectivity index (χ1) is 9.06. The van der Waals surface area contributed by atoms with Gasteiger partial charge in [0.2, 0.25) is 0 Å². The molecule has 0 bridgehead atoms. The molecule has 0 unspecified atom stereocenters. The van der Waals surface area contributed by atoms with Gasteiger partial charge in [0.25, 0.3) is 5.69 Å². The number of rotatable bonds is 5. The molecule has 0 saturated carbocycles. The third-order valence-corrected chi connectivity index (χ3v) is 2.37. The molecule has 7 heteroatoms. The Morgan fingerprint density at radius 1 is 1.26 bits per heavy atom. The van der Waals surface area contributed by atoms with Crippen molar-refractivity contribution >= 4 is 23.2 Å². The summed E-state index contributed by atoms with van der Waals surface area (Å²) in [5.41, 5.74) is -0.250. The third-order valence-electron chi connectivity index (χ3n) is 2.37. The third kappa shape index (κ3) is 4.38. The van der Waals surface area contributed by atoms with Crippen molar-refractivity contribution in [2.75, 3.05) is 11.9 Å². The Labute approximate surface area is 110 Å². The van der Waals surface area contributed by atoms with Crippen LogP contribution in [0.15, 0.2) is 24.3 Å². The van der Waals surface area contributed by atoms with Crippen molar-refractivity contribution in [1.29, 1.82) is 0 Å². The molecule has 0 spiro atoms. The summed E-state index contributed by atoms with van der Waals surface area (Å²) in [6, 6.07) is 5.65. The van der Waals surface area contributed by atoms with Crippen LogP contribution in [0.1, 0.15) is 19.8 Å². The smallest absolute Gasteiger partial charge is 0.313 e. The number of carbonyl (C=O) groups is 2. The Kier molecular flexibility index (Phi) is 5.46. The van der Waals surface area contributed by atoms with E-state index in [2.05, 4.69) is 10.6 Å². The zero-order valence-corrected chi connectivity index (χ0v) is 10.5. The Balaban J connectivity index is 2.66. The maximum atomic E-state index is 11.5. The van der Waals surface area contributed by atoms with Gasteiger partial charge in [-0.1, -0.05) is 25.5 Å². The summed E-state index contributed by atoms with van der Waals surface area (Å²) >= 11 is 0. The minimum atomic E-state index is -0.912. The number of hydrogen-bond acceptors (Lipinski definition) is 4. The zero-order valence-electron chi connectivity index (χ0n) is 10.5. The molecule has 0 heterocycles. The number of nitrogens with one attached hydrogen (secondary N) is 2. The number of nitrogens with zero attached hydrogens (tertiary/aromatic N) is 1. The van der Waals surface area contributed by atoms with E-state index in [1.54, 1.807) is 0 Å². The van der Waals surface area contributed by atoms with Crippen molar-refractivity contribution in [3.63, 3.8) is 0 Å². The Hall–Kier alpha value is -2.44. The van der Waals surface area contributed by atoms with Gasteiger partial charge in [0.1, 0.15) is 5.69 Å². The second-order valence-corrected chi connectivity index (χ2v) is 3.84. The fraction of sp³-hybridized carbons (Fsp3) is 0.333. The van der Waals surface area contributed by atoms with E-state index in [1.165, 1.54) is 24.3 Å². The first-order valence-electron chi connectivity index (χ1n) is 5.89. The van der Waals surface area contributed by atoms with Gasteiger partial charge in [-0.25, -0.2) is 0 Å². The van der Waals surface area contributed by atoms with Crippen molar-refractivity contribution < 1.29 is 14.5 Å². The molecule has 0 aliphatic heterocycles. The summed E-state index contributed by atoms with van der Waals surface area (Å²) in [5, 5.41) is 15.4. The van der Waals surface area contributed by atoms with Crippen LogP contribution in [-0.2, 0) is 9.59 Å². The van der Waals surface area contributed by atoms with E-state index < -0.39 is 16.7 Å². The van der Waals surface area contributed by atoms with Crippen molar-refractivity contribution in [2.24, 2.45) is 0 Å². The van der Waals surface area contributed by atoms with Crippen LogP contribution in [0.25, 0.3) is 0 Å². The van der Waals surface area contributed by atoms with E-state index in [0.717, 1.165) is 12.8 Å². The summed E-state index contributed by atoms with van der Waals surface area (Å²) in [5.74, 6) is -1.71. The zero-order chi connectivity index (χ0) is 14.3. The van der Waals surface area contributed by atoms with Gasteiger partial charge in [0.15, 0.2) is 0 Å². The van der Waals surface area contributed by atoms with Gasteiger partial charge in [-0.15, -0.1) is 0 Å². The van der Waals surface area contributed by atoms with Crippen LogP contribution < -0.4 is 10.6 Å². The normalized spacial score (nSPS) is 9.74. The van der Waals surface area contributed by atoms with E-state index in [1.807, 2.05) is 6.92 Å². The fourth-order valence-electron chi connectivity index (χ4n) is 1.38. The van der Waals surface area contributed by atoms with E-state index >= 15 is 0 Å². The van der Waals surface area contributed by atoms with Gasteiger partial charge in [-0.2, -0.15) is 0 Å². The predicted molar refractivity (Wildman–Crippen MR) is 69.6 cm³/mol. The second-order valence-electron chi connectivity index (χ2n) is 3.84. The van der Waals surface area contributed by atoms with E-state index in [-0.39, 0.29) is 11.4 Å². The summed E-state index contributed by atoms with van der Waals surface area (Å²) in [6.07, 6.45) is 1.66. The SMILES string of the molecule is CCCCNC(=O)C(=O)Nc1ccccc1[N+](=O)[O-]. The number of anilines is 1. The van der Waals surface area contributed by atoms with Gasteiger partial charge in [0, 0.05) is 12.6 Å². The number of benzene rings is 1. The van der Waals surface area contributed by atoms with Crippen LogP contribution >= 0.6 is 0 Å². The second kappa shape index (κ2) is 7.10.